The minimum Gasteiger partial charge on any atom is -0.328 e. The fourth-order valence-corrected chi connectivity index (χ4v) is 3.23. The summed E-state index contributed by atoms with van der Waals surface area (Å²) in [6, 6.07) is 0.566. The molecule has 0 aromatic rings. The van der Waals surface area contributed by atoms with Gasteiger partial charge in [0.05, 0.1) is 0 Å². The highest BCUT2D eigenvalue weighted by Gasteiger charge is 2.59. The van der Waals surface area contributed by atoms with Crippen LogP contribution in [0.2, 0.25) is 0 Å². The second kappa shape index (κ2) is 2.62. The Morgan fingerprint density at radius 1 is 0.917 bits per heavy atom. The fraction of sp³-hybridized carbons (Fsp3) is 1.00. The number of halogens is 1. The molecule has 3 aliphatic rings. The molecule has 1 nitrogen and oxygen atoms in total. The zero-order valence-corrected chi connectivity index (χ0v) is 8.28. The molecule has 0 bridgehead atoms. The monoisotopic (exact) mass is 187 g/mol. The summed E-state index contributed by atoms with van der Waals surface area (Å²) >= 11 is 0. The summed E-state index contributed by atoms with van der Waals surface area (Å²) in [7, 11) is 0. The van der Waals surface area contributed by atoms with Crippen LogP contribution in [0.4, 0.5) is 0 Å². The molecule has 3 rings (SSSR count). The van der Waals surface area contributed by atoms with Gasteiger partial charge in [0.15, 0.2) is 0 Å². The van der Waals surface area contributed by atoms with E-state index in [1.807, 2.05) is 0 Å². The molecule has 0 aliphatic heterocycles. The molecule has 0 atom stereocenters. The van der Waals surface area contributed by atoms with Gasteiger partial charge in [0.2, 0.25) is 0 Å². The van der Waals surface area contributed by atoms with E-state index >= 15 is 0 Å². The Morgan fingerprint density at radius 2 is 1.33 bits per heavy atom. The lowest BCUT2D eigenvalue weighted by molar-refractivity contribution is 0.0476. The van der Waals surface area contributed by atoms with Crippen LogP contribution in [0.1, 0.15) is 38.5 Å². The van der Waals surface area contributed by atoms with Crippen molar-refractivity contribution in [3.8, 4) is 0 Å². The van der Waals surface area contributed by atoms with E-state index in [0.29, 0.717) is 6.04 Å². The van der Waals surface area contributed by atoms with E-state index in [1.54, 1.807) is 0 Å². The third-order valence-corrected chi connectivity index (χ3v) is 4.07. The summed E-state index contributed by atoms with van der Waals surface area (Å²) in [5.41, 5.74) is 6.68. The van der Waals surface area contributed by atoms with Gasteiger partial charge in [0, 0.05) is 6.04 Å². The molecule has 0 aromatic heterocycles. The molecular formula is C10H18ClN. The van der Waals surface area contributed by atoms with Crippen molar-refractivity contribution in [1.82, 2.24) is 0 Å². The highest BCUT2D eigenvalue weighted by Crippen LogP contribution is 2.66. The first-order chi connectivity index (χ1) is 5.31. The number of hydrogen-bond acceptors (Lipinski definition) is 1. The third kappa shape index (κ3) is 1.10. The highest BCUT2D eigenvalue weighted by atomic mass is 35.5. The summed E-state index contributed by atoms with van der Waals surface area (Å²) in [4.78, 5) is 0. The minimum atomic E-state index is 0. The largest absolute Gasteiger partial charge is 0.328 e. The zero-order chi connectivity index (χ0) is 7.47. The van der Waals surface area contributed by atoms with Crippen molar-refractivity contribution in [1.29, 1.82) is 0 Å². The van der Waals surface area contributed by atoms with Crippen LogP contribution < -0.4 is 5.73 Å². The van der Waals surface area contributed by atoms with Gasteiger partial charge < -0.3 is 5.73 Å². The average molecular weight is 188 g/mol. The smallest absolute Gasteiger partial charge is 0.00498 e. The molecule has 12 heavy (non-hydrogen) atoms. The second-order valence-corrected chi connectivity index (χ2v) is 4.95. The molecule has 70 valence electrons. The fourth-order valence-electron chi connectivity index (χ4n) is 3.23. The van der Waals surface area contributed by atoms with Crippen LogP contribution in [-0.2, 0) is 0 Å². The van der Waals surface area contributed by atoms with E-state index in [2.05, 4.69) is 0 Å². The summed E-state index contributed by atoms with van der Waals surface area (Å²) < 4.78 is 0. The predicted molar refractivity (Wildman–Crippen MR) is 52.3 cm³/mol. The maximum atomic E-state index is 5.89. The van der Waals surface area contributed by atoms with Crippen molar-refractivity contribution >= 4 is 12.4 Å². The number of rotatable bonds is 2. The Morgan fingerprint density at radius 3 is 1.58 bits per heavy atom. The standard InChI is InChI=1S/C10H17N.ClH/c11-9-5-10(6-9,7-1-2-7)8-3-4-8;/h7-9H,1-6,11H2;1H. The molecule has 3 fully saturated rings. The van der Waals surface area contributed by atoms with Gasteiger partial charge >= 0.3 is 0 Å². The molecule has 3 aliphatic carbocycles. The Bertz CT molecular complexity index is 164. The molecule has 2 heteroatoms. The van der Waals surface area contributed by atoms with Gasteiger partial charge in [0.25, 0.3) is 0 Å². The minimum absolute atomic E-state index is 0. The van der Waals surface area contributed by atoms with Crippen LogP contribution in [0.5, 0.6) is 0 Å². The molecule has 0 spiro atoms. The summed E-state index contributed by atoms with van der Waals surface area (Å²) in [5, 5.41) is 0. The molecular weight excluding hydrogens is 170 g/mol. The Labute approximate surface area is 80.5 Å². The maximum absolute atomic E-state index is 5.89. The van der Waals surface area contributed by atoms with E-state index in [-0.39, 0.29) is 12.4 Å². The number of hydrogen-bond donors (Lipinski definition) is 1. The highest BCUT2D eigenvalue weighted by molar-refractivity contribution is 5.85. The van der Waals surface area contributed by atoms with Crippen LogP contribution in [0, 0.1) is 17.3 Å². The lowest BCUT2D eigenvalue weighted by Crippen LogP contribution is -2.48. The normalized spacial score (nSPS) is 33.8. The van der Waals surface area contributed by atoms with Gasteiger partial charge in [-0.05, 0) is 55.8 Å². The first-order valence-corrected chi connectivity index (χ1v) is 5.07. The SMILES string of the molecule is Cl.NC1CC(C2CC2)(C2CC2)C1. The molecule has 0 heterocycles. The van der Waals surface area contributed by atoms with Gasteiger partial charge in [-0.15, -0.1) is 12.4 Å². The van der Waals surface area contributed by atoms with Crippen molar-refractivity contribution < 1.29 is 0 Å². The molecule has 0 amide bonds. The second-order valence-electron chi connectivity index (χ2n) is 4.95. The average Bonchev–Trinajstić information content (AvgIpc) is 2.74. The molecule has 0 unspecified atom stereocenters. The van der Waals surface area contributed by atoms with Gasteiger partial charge in [-0.3, -0.25) is 0 Å². The van der Waals surface area contributed by atoms with Crippen molar-refractivity contribution in [3.05, 3.63) is 0 Å². The molecule has 3 saturated carbocycles. The first kappa shape index (κ1) is 8.83. The van der Waals surface area contributed by atoms with E-state index < -0.39 is 0 Å². The summed E-state index contributed by atoms with van der Waals surface area (Å²) in [6.45, 7) is 0. The predicted octanol–water partition coefficient (Wildman–Crippen LogP) is 2.34. The Hall–Kier alpha value is 0.250. The quantitative estimate of drug-likeness (QED) is 0.706. The summed E-state index contributed by atoms with van der Waals surface area (Å²) in [5.74, 6) is 2.21. The lowest BCUT2D eigenvalue weighted by atomic mass is 9.59. The van der Waals surface area contributed by atoms with Gasteiger partial charge in [-0.2, -0.15) is 0 Å². The number of nitrogens with two attached hydrogens (primary N) is 1. The van der Waals surface area contributed by atoms with Crippen LogP contribution in [0.15, 0.2) is 0 Å². The van der Waals surface area contributed by atoms with Crippen molar-refractivity contribution in [3.63, 3.8) is 0 Å². The van der Waals surface area contributed by atoms with E-state index in [4.69, 9.17) is 5.73 Å². The third-order valence-electron chi connectivity index (χ3n) is 4.07. The van der Waals surface area contributed by atoms with Crippen molar-refractivity contribution in [2.45, 2.75) is 44.6 Å². The zero-order valence-electron chi connectivity index (χ0n) is 7.46. The molecule has 0 aromatic carbocycles. The van der Waals surface area contributed by atoms with Crippen LogP contribution in [-0.4, -0.2) is 6.04 Å². The van der Waals surface area contributed by atoms with Crippen molar-refractivity contribution in [2.75, 3.05) is 0 Å². The Balaban J connectivity index is 0.000000563. The maximum Gasteiger partial charge on any atom is 0.00498 e. The first-order valence-electron chi connectivity index (χ1n) is 5.07. The molecule has 2 N–H and O–H groups in total. The molecule has 0 saturated heterocycles. The topological polar surface area (TPSA) is 26.0 Å². The molecule has 0 radical (unpaired) electrons. The lowest BCUT2D eigenvalue weighted by Gasteiger charge is -2.47. The summed E-state index contributed by atoms with van der Waals surface area (Å²) in [6.07, 6.45) is 8.80. The van der Waals surface area contributed by atoms with Gasteiger partial charge in [0.1, 0.15) is 0 Å². The van der Waals surface area contributed by atoms with Crippen LogP contribution in [0.25, 0.3) is 0 Å². The van der Waals surface area contributed by atoms with Gasteiger partial charge in [-0.25, -0.2) is 0 Å². The van der Waals surface area contributed by atoms with Crippen LogP contribution in [0.3, 0.4) is 0 Å². The van der Waals surface area contributed by atoms with Gasteiger partial charge in [-0.1, -0.05) is 0 Å². The van der Waals surface area contributed by atoms with Crippen molar-refractivity contribution in [2.24, 2.45) is 23.0 Å². The van der Waals surface area contributed by atoms with E-state index in [1.165, 1.54) is 38.5 Å². The Kier molecular flexibility index (Phi) is 1.93. The van der Waals surface area contributed by atoms with E-state index in [0.717, 1.165) is 17.3 Å². The van der Waals surface area contributed by atoms with Crippen LogP contribution >= 0.6 is 12.4 Å². The van der Waals surface area contributed by atoms with E-state index in [9.17, 15) is 0 Å².